The van der Waals surface area contributed by atoms with E-state index in [0.717, 1.165) is 12.8 Å². The molecule has 0 aromatic carbocycles. The van der Waals surface area contributed by atoms with E-state index in [9.17, 15) is 0 Å². The van der Waals surface area contributed by atoms with E-state index >= 15 is 0 Å². The lowest BCUT2D eigenvalue weighted by Gasteiger charge is -1.86. The molecule has 1 fully saturated rings. The molecule has 1 saturated carbocycles. The molecule has 1 N–H and O–H groups in total. The second-order valence-electron chi connectivity index (χ2n) is 1.43. The summed E-state index contributed by atoms with van der Waals surface area (Å²) in [6.45, 7) is 0. The molecular formula is C3H7BO2. The van der Waals surface area contributed by atoms with Crippen LogP contribution < -0.4 is 0 Å². The molecule has 0 aliphatic heterocycles. The molecule has 0 spiro atoms. The van der Waals surface area contributed by atoms with Crippen LogP contribution in [0.4, 0.5) is 0 Å². The Bertz CT molecular complexity index is 77.7. The van der Waals surface area contributed by atoms with Gasteiger partial charge in [0.1, 0.15) is 0 Å². The van der Waals surface area contributed by atoms with Crippen LogP contribution in [0.25, 0.3) is 0 Å². The van der Waals surface area contributed by atoms with Crippen LogP contribution in [0.2, 0.25) is 0 Å². The minimum atomic E-state index is -1.09. The fourth-order valence-corrected chi connectivity index (χ4v) is 0.283. The zero-order chi connectivity index (χ0) is 5.98. The molecule has 3 heteroatoms. The second-order valence-corrected chi connectivity index (χ2v) is 1.43. The summed E-state index contributed by atoms with van der Waals surface area (Å²) in [5.74, 6) is 0. The lowest BCUT2D eigenvalue weighted by atomic mass is 10.4. The summed E-state index contributed by atoms with van der Waals surface area (Å²) >= 11 is 0. The van der Waals surface area contributed by atoms with Gasteiger partial charge in [0.15, 0.2) is 1.43 Å². The quantitative estimate of drug-likeness (QED) is 0.468. The monoisotopic (exact) mass is 88.1 g/mol. The molecule has 2 nitrogen and oxygen atoms in total. The Morgan fingerprint density at radius 3 is 3.50 bits per heavy atom. The van der Waals surface area contributed by atoms with Crippen molar-refractivity contribution < 1.29 is 9.68 Å². The average Bonchev–Trinajstić information content (AvgIpc) is 2.50. The van der Waals surface area contributed by atoms with E-state index in [0.29, 0.717) is 0 Å². The van der Waals surface area contributed by atoms with Crippen LogP contribution in [-0.2, 0) is 4.65 Å². The summed E-state index contributed by atoms with van der Waals surface area (Å²) in [7, 11) is -1.09. The summed E-state index contributed by atoms with van der Waals surface area (Å²) in [6, 6.07) is 0. The van der Waals surface area contributed by atoms with Gasteiger partial charge in [0.05, 0.1) is 1.34 Å². The SMILES string of the molecule is [2H]OB([2H])OC1CC1. The van der Waals surface area contributed by atoms with Crippen LogP contribution in [0.3, 0.4) is 0 Å². The summed E-state index contributed by atoms with van der Waals surface area (Å²) in [6.07, 6.45) is 2.22. The van der Waals surface area contributed by atoms with Crippen LogP contribution in [0.1, 0.15) is 12.8 Å². The molecule has 1 aliphatic rings. The molecule has 1 aliphatic carbocycles. The summed E-state index contributed by atoms with van der Waals surface area (Å²) < 4.78 is 17.7. The van der Waals surface area contributed by atoms with Gasteiger partial charge in [-0.2, -0.15) is 0 Å². The standard InChI is InChI=1S/C3H7BO2/c5-4-6-3-1-2-3/h3-5H,1-2H2/i4D,5D. The van der Waals surface area contributed by atoms with E-state index < -0.39 is 7.65 Å². The summed E-state index contributed by atoms with van der Waals surface area (Å²) in [5.41, 5.74) is 0. The van der Waals surface area contributed by atoms with Gasteiger partial charge in [-0.05, 0) is 12.8 Å². The van der Waals surface area contributed by atoms with Crippen LogP contribution >= 0.6 is 0 Å². The van der Waals surface area contributed by atoms with Crippen LogP contribution in [0.15, 0.2) is 0 Å². The smallest absolute Gasteiger partial charge is 0.430 e. The van der Waals surface area contributed by atoms with Crippen molar-refractivity contribution in [2.45, 2.75) is 18.9 Å². The zero-order valence-electron chi connectivity index (χ0n) is 5.39. The van der Waals surface area contributed by atoms with Gasteiger partial charge >= 0.3 is 7.65 Å². The van der Waals surface area contributed by atoms with Crippen molar-refractivity contribution in [2.75, 3.05) is 0 Å². The number of hydrogen-bond donors (Lipinski definition) is 1. The van der Waals surface area contributed by atoms with Crippen molar-refractivity contribution in [1.29, 1.82) is 2.77 Å². The first-order chi connectivity index (χ1) is 3.83. The predicted molar refractivity (Wildman–Crippen MR) is 23.5 cm³/mol. The van der Waals surface area contributed by atoms with Gasteiger partial charge in [-0.25, -0.2) is 0 Å². The van der Waals surface area contributed by atoms with E-state index in [1.165, 1.54) is 0 Å². The highest BCUT2D eigenvalue weighted by Crippen LogP contribution is 2.21. The van der Waals surface area contributed by atoms with Crippen LogP contribution in [0.5, 0.6) is 0 Å². The van der Waals surface area contributed by atoms with E-state index in [-0.39, 0.29) is 6.10 Å². The van der Waals surface area contributed by atoms with Gasteiger partial charge < -0.3 is 9.68 Å². The third-order valence-corrected chi connectivity index (χ3v) is 0.772. The summed E-state index contributed by atoms with van der Waals surface area (Å²) in [5, 5.41) is 3.80. The summed E-state index contributed by atoms with van der Waals surface area (Å²) in [4.78, 5) is 0. The third-order valence-electron chi connectivity index (χ3n) is 0.772. The molecule has 0 aromatic heterocycles. The minimum absolute atomic E-state index is 0.197. The molecule has 0 unspecified atom stereocenters. The Morgan fingerprint density at radius 2 is 3.00 bits per heavy atom. The van der Waals surface area contributed by atoms with Gasteiger partial charge in [0.25, 0.3) is 0 Å². The molecular weight excluding hydrogens is 78.8 g/mol. The first kappa shape index (κ1) is 2.33. The Hall–Kier alpha value is -0.0151. The molecule has 0 aromatic rings. The maximum absolute atomic E-state index is 6.76. The van der Waals surface area contributed by atoms with Gasteiger partial charge in [-0.3, -0.25) is 0 Å². The lowest BCUT2D eigenvalue weighted by Crippen LogP contribution is -1.97. The van der Waals surface area contributed by atoms with Crippen molar-refractivity contribution in [3.05, 3.63) is 0 Å². The van der Waals surface area contributed by atoms with E-state index in [1.54, 1.807) is 0 Å². The van der Waals surface area contributed by atoms with Crippen molar-refractivity contribution in [3.8, 4) is 0 Å². The average molecular weight is 87.9 g/mol. The topological polar surface area (TPSA) is 29.5 Å². The molecule has 0 heterocycles. The fraction of sp³-hybridized carbons (Fsp3) is 1.00. The normalized spacial score (nSPS) is 25.3. The largest absolute Gasteiger partial charge is 0.435 e. The highest BCUT2D eigenvalue weighted by atomic mass is 16.5. The molecule has 0 radical (unpaired) electrons. The van der Waals surface area contributed by atoms with Crippen LogP contribution in [0, 0.1) is 0 Å². The third kappa shape index (κ3) is 0.991. The first-order valence-electron chi connectivity index (χ1n) is 3.01. The number of rotatable bonds is 3. The maximum atomic E-state index is 6.76. The molecule has 34 valence electrons. The van der Waals surface area contributed by atoms with Crippen molar-refractivity contribution in [2.24, 2.45) is 0 Å². The van der Waals surface area contributed by atoms with Crippen molar-refractivity contribution >= 4 is 7.65 Å². The first-order valence-corrected chi connectivity index (χ1v) is 2.02. The van der Waals surface area contributed by atoms with E-state index in [2.05, 4.69) is 5.03 Å². The van der Waals surface area contributed by atoms with Crippen molar-refractivity contribution in [3.63, 3.8) is 0 Å². The van der Waals surface area contributed by atoms with E-state index in [1.807, 2.05) is 0 Å². The minimum Gasteiger partial charge on any atom is -0.430 e. The molecule has 0 amide bonds. The molecule has 0 atom stereocenters. The molecule has 6 heavy (non-hydrogen) atoms. The molecule has 0 bridgehead atoms. The molecule has 1 rings (SSSR count). The lowest BCUT2D eigenvalue weighted by molar-refractivity contribution is 0.271. The maximum Gasteiger partial charge on any atom is 0.435 e. The fourth-order valence-electron chi connectivity index (χ4n) is 0.283. The Morgan fingerprint density at radius 1 is 2.17 bits per heavy atom. The van der Waals surface area contributed by atoms with E-state index in [4.69, 9.17) is 7.42 Å². The van der Waals surface area contributed by atoms with Gasteiger partial charge in [-0.15, -0.1) is 0 Å². The highest BCUT2D eigenvalue weighted by molar-refractivity contribution is 6.15. The Labute approximate surface area is 40.3 Å². The van der Waals surface area contributed by atoms with Gasteiger partial charge in [0.2, 0.25) is 0 Å². The molecule has 0 saturated heterocycles. The van der Waals surface area contributed by atoms with Crippen molar-refractivity contribution in [1.82, 2.24) is 0 Å². The Kier molecular flexibility index (Phi) is 0.631. The second kappa shape index (κ2) is 1.62. The zero-order valence-corrected chi connectivity index (χ0v) is 3.39. The van der Waals surface area contributed by atoms with Gasteiger partial charge in [0, 0.05) is 6.10 Å². The van der Waals surface area contributed by atoms with Gasteiger partial charge in [-0.1, -0.05) is 0 Å². The predicted octanol–water partition coefficient (Wildman–Crippen LogP) is -0.576. The number of hydrogen-bond acceptors (Lipinski definition) is 2. The highest BCUT2D eigenvalue weighted by Gasteiger charge is 2.20. The van der Waals surface area contributed by atoms with Crippen LogP contribution in [-0.4, -0.2) is 21.5 Å². The Balaban J connectivity index is 1.98.